The van der Waals surface area contributed by atoms with Crippen LogP contribution in [0.25, 0.3) is 0 Å². The first-order valence-corrected chi connectivity index (χ1v) is 10.3. The van der Waals surface area contributed by atoms with Crippen LogP contribution in [0.15, 0.2) is 66.7 Å². The predicted octanol–water partition coefficient (Wildman–Crippen LogP) is 5.28. The van der Waals surface area contributed by atoms with Crippen molar-refractivity contribution in [3.63, 3.8) is 0 Å². The Morgan fingerprint density at radius 3 is 2.27 bits per heavy atom. The van der Waals surface area contributed by atoms with E-state index in [1.165, 1.54) is 24.3 Å². The second-order valence-corrected chi connectivity index (χ2v) is 8.62. The lowest BCUT2D eigenvalue weighted by atomic mass is 10.2. The van der Waals surface area contributed by atoms with Crippen LogP contribution in [0.1, 0.15) is 5.56 Å². The smallest absolute Gasteiger partial charge is 0.416 e. The molecule has 3 rings (SSSR count). The predicted molar refractivity (Wildman–Crippen MR) is 105 cm³/mol. The van der Waals surface area contributed by atoms with Gasteiger partial charge in [-0.05, 0) is 36.4 Å². The van der Waals surface area contributed by atoms with E-state index in [1.54, 1.807) is 6.07 Å². The summed E-state index contributed by atoms with van der Waals surface area (Å²) in [5.74, 6) is -0.264. The minimum absolute atomic E-state index is 0.0298. The molecule has 0 spiro atoms. The van der Waals surface area contributed by atoms with Gasteiger partial charge in [0.15, 0.2) is 0 Å². The summed E-state index contributed by atoms with van der Waals surface area (Å²) >= 11 is 5.86. The summed E-state index contributed by atoms with van der Waals surface area (Å²) in [6, 6.07) is 12.9. The van der Waals surface area contributed by atoms with Crippen LogP contribution in [0.3, 0.4) is 0 Å². The van der Waals surface area contributed by atoms with Crippen LogP contribution in [0, 0.1) is 10.1 Å². The first-order valence-electron chi connectivity index (χ1n) is 8.22. The molecule has 11 heteroatoms. The molecule has 0 fully saturated rings. The maximum absolute atomic E-state index is 13.0. The van der Waals surface area contributed by atoms with E-state index < -0.39 is 35.0 Å². The first kappa shape index (κ1) is 21.8. The molecule has 0 aliphatic carbocycles. The van der Waals surface area contributed by atoms with Crippen LogP contribution in [-0.4, -0.2) is 9.82 Å². The molecule has 1 unspecified atom stereocenters. The molecule has 0 radical (unpaired) electrons. The number of hydrogen-bond donors (Lipinski definition) is 1. The van der Waals surface area contributed by atoms with Gasteiger partial charge in [0, 0.05) is 17.4 Å². The van der Waals surface area contributed by atoms with E-state index in [9.17, 15) is 32.7 Å². The molecule has 0 saturated heterocycles. The van der Waals surface area contributed by atoms with Crippen molar-refractivity contribution >= 4 is 35.3 Å². The van der Waals surface area contributed by atoms with Crippen molar-refractivity contribution in [1.29, 1.82) is 0 Å². The normalized spacial score (nSPS) is 13.5. The highest BCUT2D eigenvalue weighted by Gasteiger charge is 2.33. The standard InChI is InChI=1S/C19H12ClF3NO5P/c20-15-10-12(19(21,22)23)6-9-17(15)29-13-7-8-16(24(25)26)18(11-13)30(27,28)14-4-2-1-3-5-14/h1-11H,(H,27,28). The van der Waals surface area contributed by atoms with E-state index in [0.717, 1.165) is 30.3 Å². The Hall–Kier alpha value is -2.87. The first-order chi connectivity index (χ1) is 14.0. The Bertz CT molecular complexity index is 1150. The number of nitro benzene ring substituents is 1. The number of ether oxygens (including phenoxy) is 1. The van der Waals surface area contributed by atoms with Gasteiger partial charge in [-0.1, -0.05) is 29.8 Å². The zero-order chi connectivity index (χ0) is 22.1. The van der Waals surface area contributed by atoms with E-state index in [-0.39, 0.29) is 21.8 Å². The number of alkyl halides is 3. The van der Waals surface area contributed by atoms with Crippen LogP contribution in [0.4, 0.5) is 18.9 Å². The maximum atomic E-state index is 13.0. The fraction of sp³-hybridized carbons (Fsp3) is 0.0526. The van der Waals surface area contributed by atoms with Gasteiger partial charge in [0.25, 0.3) is 13.1 Å². The molecule has 0 saturated carbocycles. The van der Waals surface area contributed by atoms with Crippen molar-refractivity contribution in [3.05, 3.63) is 87.4 Å². The van der Waals surface area contributed by atoms with Crippen LogP contribution < -0.4 is 15.3 Å². The zero-order valence-corrected chi connectivity index (χ0v) is 16.5. The Balaban J connectivity index is 2.04. The van der Waals surface area contributed by atoms with Crippen LogP contribution in [-0.2, 0) is 10.7 Å². The van der Waals surface area contributed by atoms with E-state index >= 15 is 0 Å². The highest BCUT2D eigenvalue weighted by molar-refractivity contribution is 7.73. The van der Waals surface area contributed by atoms with Gasteiger partial charge in [-0.2, -0.15) is 13.2 Å². The molecule has 0 heterocycles. The van der Waals surface area contributed by atoms with Crippen molar-refractivity contribution in [2.45, 2.75) is 6.18 Å². The van der Waals surface area contributed by atoms with Gasteiger partial charge in [0.1, 0.15) is 16.8 Å². The molecule has 6 nitrogen and oxygen atoms in total. The van der Waals surface area contributed by atoms with E-state index in [4.69, 9.17) is 16.3 Å². The second kappa shape index (κ2) is 8.10. The molecule has 0 aliphatic heterocycles. The zero-order valence-electron chi connectivity index (χ0n) is 14.8. The summed E-state index contributed by atoms with van der Waals surface area (Å²) in [6.45, 7) is 0. The fourth-order valence-corrected chi connectivity index (χ4v) is 4.46. The lowest BCUT2D eigenvalue weighted by Crippen LogP contribution is -2.18. The molecule has 1 N–H and O–H groups in total. The molecule has 0 amide bonds. The number of nitrogens with zero attached hydrogens (tertiary/aromatic N) is 1. The molecular weight excluding hydrogens is 446 g/mol. The van der Waals surface area contributed by atoms with Gasteiger partial charge < -0.3 is 9.63 Å². The van der Waals surface area contributed by atoms with Gasteiger partial charge in [0.05, 0.1) is 15.5 Å². The van der Waals surface area contributed by atoms with E-state index in [0.29, 0.717) is 6.07 Å². The van der Waals surface area contributed by atoms with Crippen molar-refractivity contribution in [2.75, 3.05) is 0 Å². The quantitative estimate of drug-likeness (QED) is 0.320. The van der Waals surface area contributed by atoms with Crippen molar-refractivity contribution in [2.24, 2.45) is 0 Å². The molecule has 0 aromatic heterocycles. The molecule has 0 aliphatic rings. The number of hydrogen-bond acceptors (Lipinski definition) is 4. The largest absolute Gasteiger partial charge is 0.456 e. The number of nitro groups is 1. The van der Waals surface area contributed by atoms with Gasteiger partial charge in [0.2, 0.25) is 0 Å². The minimum atomic E-state index is -4.60. The third-order valence-electron chi connectivity index (χ3n) is 4.06. The van der Waals surface area contributed by atoms with Crippen LogP contribution in [0.5, 0.6) is 11.5 Å². The highest BCUT2D eigenvalue weighted by atomic mass is 35.5. The third kappa shape index (κ3) is 4.48. The SMILES string of the molecule is O=[N+]([O-])c1ccc(Oc2ccc(C(F)(F)F)cc2Cl)cc1P(=O)(O)c1ccccc1. The fourth-order valence-electron chi connectivity index (χ4n) is 2.62. The highest BCUT2D eigenvalue weighted by Crippen LogP contribution is 2.43. The van der Waals surface area contributed by atoms with Crippen LogP contribution in [0.2, 0.25) is 5.02 Å². The summed E-state index contributed by atoms with van der Waals surface area (Å²) in [6.07, 6.45) is -4.60. The maximum Gasteiger partial charge on any atom is 0.416 e. The monoisotopic (exact) mass is 457 g/mol. The van der Waals surface area contributed by atoms with Crippen LogP contribution >= 0.6 is 19.0 Å². The number of rotatable bonds is 5. The molecule has 30 heavy (non-hydrogen) atoms. The van der Waals surface area contributed by atoms with Crippen molar-refractivity contribution in [1.82, 2.24) is 0 Å². The third-order valence-corrected chi connectivity index (χ3v) is 6.37. The topological polar surface area (TPSA) is 89.7 Å². The summed E-state index contributed by atoms with van der Waals surface area (Å²) in [4.78, 5) is 21.2. The lowest BCUT2D eigenvalue weighted by molar-refractivity contribution is -0.383. The summed E-state index contributed by atoms with van der Waals surface area (Å²) < 4.78 is 56.8. The minimum Gasteiger partial charge on any atom is -0.456 e. The Kier molecular flexibility index (Phi) is 5.90. The summed E-state index contributed by atoms with van der Waals surface area (Å²) in [7, 11) is -4.37. The molecule has 3 aromatic carbocycles. The van der Waals surface area contributed by atoms with E-state index in [1.807, 2.05) is 0 Å². The average molecular weight is 458 g/mol. The number of benzene rings is 3. The molecule has 156 valence electrons. The number of halogens is 4. The molecule has 0 bridgehead atoms. The van der Waals surface area contributed by atoms with Gasteiger partial charge in [-0.15, -0.1) is 0 Å². The lowest BCUT2D eigenvalue weighted by Gasteiger charge is -2.15. The van der Waals surface area contributed by atoms with Gasteiger partial charge >= 0.3 is 6.18 Å². The van der Waals surface area contributed by atoms with E-state index in [2.05, 4.69) is 0 Å². The van der Waals surface area contributed by atoms with Crippen molar-refractivity contribution in [3.8, 4) is 11.5 Å². The van der Waals surface area contributed by atoms with Gasteiger partial charge in [-0.3, -0.25) is 14.7 Å². The summed E-state index contributed by atoms with van der Waals surface area (Å²) in [5, 5.41) is 10.5. The molecule has 1 atom stereocenters. The Morgan fingerprint density at radius 2 is 1.70 bits per heavy atom. The Labute approximate surface area is 173 Å². The Morgan fingerprint density at radius 1 is 1.03 bits per heavy atom. The second-order valence-electron chi connectivity index (χ2n) is 6.06. The summed E-state index contributed by atoms with van der Waals surface area (Å²) in [5.41, 5.74) is -1.58. The van der Waals surface area contributed by atoms with Crippen molar-refractivity contribution < 1.29 is 32.3 Å². The average Bonchev–Trinajstić information content (AvgIpc) is 2.69. The molecular formula is C19H12ClF3NO5P. The van der Waals surface area contributed by atoms with Gasteiger partial charge in [-0.25, -0.2) is 0 Å². The molecule has 3 aromatic rings.